The van der Waals surface area contributed by atoms with Crippen LogP contribution in [0.2, 0.25) is 0 Å². The van der Waals surface area contributed by atoms with Crippen LogP contribution in [0.5, 0.6) is 0 Å². The monoisotopic (exact) mass is 502 g/mol. The van der Waals surface area contributed by atoms with E-state index in [9.17, 15) is 5.11 Å². The molecule has 184 valence electrons. The smallest absolute Gasteiger partial charge is 0.224 e. The Balaban J connectivity index is 1.30. The minimum absolute atomic E-state index is 0.0412. The molecule has 3 aliphatic rings. The Kier molecular flexibility index (Phi) is 8.21. The van der Waals surface area contributed by atoms with E-state index in [-0.39, 0.29) is 18.8 Å². The lowest BCUT2D eigenvalue weighted by Gasteiger charge is -2.58. The van der Waals surface area contributed by atoms with Crippen molar-refractivity contribution in [2.24, 2.45) is 0 Å². The molecule has 0 saturated carbocycles. The number of aliphatic hydroxyl groups is 1. The van der Waals surface area contributed by atoms with Gasteiger partial charge in [0.15, 0.2) is 0 Å². The highest BCUT2D eigenvalue weighted by atomic mass is 32.2. The molecule has 3 fully saturated rings. The molecule has 3 saturated heterocycles. The molecule has 3 heterocycles. The predicted molar refractivity (Wildman–Crippen MR) is 135 cm³/mol. The van der Waals surface area contributed by atoms with Crippen molar-refractivity contribution < 1.29 is 24.1 Å². The van der Waals surface area contributed by atoms with E-state index in [0.717, 1.165) is 43.6 Å². The number of hydrogen-bond acceptors (Lipinski definition) is 7. The number of benzene rings is 2. The molecule has 0 bridgehead atoms. The van der Waals surface area contributed by atoms with E-state index in [4.69, 9.17) is 18.9 Å². The highest BCUT2D eigenvalue weighted by molar-refractivity contribution is 7.99. The van der Waals surface area contributed by atoms with Gasteiger partial charge >= 0.3 is 0 Å². The van der Waals surface area contributed by atoms with Crippen molar-refractivity contribution in [1.29, 1.82) is 0 Å². The highest BCUT2D eigenvalue weighted by Crippen LogP contribution is 2.50. The first-order valence-electron chi connectivity index (χ1n) is 12.3. The van der Waals surface area contributed by atoms with E-state index >= 15 is 0 Å². The molecule has 2 spiro atoms. The van der Waals surface area contributed by atoms with Gasteiger partial charge in [-0.3, -0.25) is 0 Å². The van der Waals surface area contributed by atoms with E-state index in [1.54, 1.807) is 0 Å². The van der Waals surface area contributed by atoms with Gasteiger partial charge in [0.25, 0.3) is 0 Å². The summed E-state index contributed by atoms with van der Waals surface area (Å²) in [5.41, 5.74) is 0. The lowest BCUT2D eigenvalue weighted by Crippen LogP contribution is -2.70. The molecule has 2 aromatic rings. The van der Waals surface area contributed by atoms with Crippen LogP contribution in [-0.2, 0) is 18.9 Å². The van der Waals surface area contributed by atoms with E-state index in [0.29, 0.717) is 13.0 Å². The summed E-state index contributed by atoms with van der Waals surface area (Å²) in [5, 5.41) is 9.86. The largest absolute Gasteiger partial charge is 0.394 e. The van der Waals surface area contributed by atoms with Crippen molar-refractivity contribution in [2.45, 2.75) is 78.2 Å². The van der Waals surface area contributed by atoms with Gasteiger partial charge in [0.1, 0.15) is 6.10 Å². The number of hydrogen-bond donors (Lipinski definition) is 1. The van der Waals surface area contributed by atoms with Gasteiger partial charge in [-0.25, -0.2) is 0 Å². The van der Waals surface area contributed by atoms with Crippen molar-refractivity contribution in [3.05, 3.63) is 60.7 Å². The fourth-order valence-electron chi connectivity index (χ4n) is 5.12. The van der Waals surface area contributed by atoms with Gasteiger partial charge in [-0.1, -0.05) is 36.4 Å². The van der Waals surface area contributed by atoms with E-state index in [1.807, 2.05) is 35.7 Å². The van der Waals surface area contributed by atoms with Gasteiger partial charge in [-0.2, -0.15) is 0 Å². The number of ether oxygens (including phenoxy) is 4. The molecule has 0 amide bonds. The van der Waals surface area contributed by atoms with Gasteiger partial charge in [-0.05, 0) is 49.9 Å². The average molecular weight is 503 g/mol. The quantitative estimate of drug-likeness (QED) is 0.501. The minimum atomic E-state index is -0.977. The van der Waals surface area contributed by atoms with E-state index < -0.39 is 17.7 Å². The van der Waals surface area contributed by atoms with Crippen LogP contribution in [0.25, 0.3) is 0 Å². The fraction of sp³-hybridized carbons (Fsp3) is 0.556. The van der Waals surface area contributed by atoms with Gasteiger partial charge in [0.05, 0.1) is 25.4 Å². The van der Waals surface area contributed by atoms with Gasteiger partial charge < -0.3 is 24.1 Å². The van der Waals surface area contributed by atoms with E-state index in [2.05, 4.69) is 48.5 Å². The molecule has 7 heteroatoms. The first-order valence-corrected chi connectivity index (χ1v) is 14.3. The second-order valence-corrected chi connectivity index (χ2v) is 11.4. The lowest BCUT2D eigenvalue weighted by atomic mass is 9.87. The van der Waals surface area contributed by atoms with Crippen LogP contribution in [0.15, 0.2) is 70.5 Å². The maximum absolute atomic E-state index is 9.86. The van der Waals surface area contributed by atoms with Gasteiger partial charge in [-0.15, -0.1) is 23.5 Å². The third-order valence-electron chi connectivity index (χ3n) is 6.78. The average Bonchev–Trinajstić information content (AvgIpc) is 2.90. The first kappa shape index (κ1) is 24.6. The summed E-state index contributed by atoms with van der Waals surface area (Å²) in [6, 6.07) is 20.9. The number of aliphatic hydroxyl groups excluding tert-OH is 1. The molecule has 0 aliphatic carbocycles. The molecule has 3 aliphatic heterocycles. The summed E-state index contributed by atoms with van der Waals surface area (Å²) in [5.74, 6) is -0.186. The van der Waals surface area contributed by atoms with Crippen LogP contribution >= 0.6 is 23.5 Å². The Hall–Kier alpha value is -1.06. The van der Waals surface area contributed by atoms with Crippen molar-refractivity contribution in [2.75, 3.05) is 24.7 Å². The molecule has 1 N–H and O–H groups in total. The van der Waals surface area contributed by atoms with Crippen LogP contribution in [0.4, 0.5) is 0 Å². The Morgan fingerprint density at radius 3 is 1.76 bits per heavy atom. The van der Waals surface area contributed by atoms with Gasteiger partial charge in [0.2, 0.25) is 11.6 Å². The van der Waals surface area contributed by atoms with Crippen molar-refractivity contribution in [1.82, 2.24) is 0 Å². The summed E-state index contributed by atoms with van der Waals surface area (Å²) >= 11 is 3.62. The Bertz CT molecular complexity index is 900. The van der Waals surface area contributed by atoms with Crippen molar-refractivity contribution in [3.8, 4) is 0 Å². The van der Waals surface area contributed by atoms with Crippen molar-refractivity contribution in [3.63, 3.8) is 0 Å². The Morgan fingerprint density at radius 1 is 0.706 bits per heavy atom. The Morgan fingerprint density at radius 2 is 1.21 bits per heavy atom. The second kappa shape index (κ2) is 11.3. The number of rotatable bonds is 7. The predicted octanol–water partition coefficient (Wildman–Crippen LogP) is 5.51. The zero-order valence-electron chi connectivity index (χ0n) is 19.5. The Labute approximate surface area is 210 Å². The minimum Gasteiger partial charge on any atom is -0.394 e. The summed E-state index contributed by atoms with van der Waals surface area (Å²) < 4.78 is 26.5. The highest BCUT2D eigenvalue weighted by Gasteiger charge is 2.63. The molecular formula is C27H34O5S2. The molecule has 5 nitrogen and oxygen atoms in total. The van der Waals surface area contributed by atoms with Crippen molar-refractivity contribution >= 4 is 23.5 Å². The molecular weight excluding hydrogens is 468 g/mol. The SMILES string of the molecule is OC[C@H]1CO[C@]2(CCC[C@H](CSc3ccccc3)O2)[C@@]2(CCC[C@H](CSc3ccccc3)O2)O1. The molecule has 0 radical (unpaired) electrons. The third-order valence-corrected chi connectivity index (χ3v) is 9.07. The standard InChI is InChI=1S/C27H34O5S2/c28-17-23-18-29-26(15-7-9-21(30-26)19-33-24-11-3-1-4-12-24)27(32-23)16-8-10-22(31-27)20-34-25-13-5-2-6-14-25/h1-6,11-14,21-23,28H,7-10,15-20H2/t21-,22-,23+,26+,27-/m1/s1. The van der Waals surface area contributed by atoms with Crippen LogP contribution < -0.4 is 0 Å². The zero-order chi connectivity index (χ0) is 23.3. The number of thioether (sulfide) groups is 2. The topological polar surface area (TPSA) is 57.2 Å². The summed E-state index contributed by atoms with van der Waals surface area (Å²) in [6.07, 6.45) is 5.14. The molecule has 0 aromatic heterocycles. The lowest BCUT2D eigenvalue weighted by molar-refractivity contribution is -0.480. The second-order valence-electron chi connectivity index (χ2n) is 9.25. The zero-order valence-corrected chi connectivity index (χ0v) is 21.1. The molecule has 34 heavy (non-hydrogen) atoms. The summed E-state index contributed by atoms with van der Waals surface area (Å²) in [6.45, 7) is 0.238. The van der Waals surface area contributed by atoms with Gasteiger partial charge in [0, 0.05) is 34.1 Å². The van der Waals surface area contributed by atoms with Crippen LogP contribution in [-0.4, -0.2) is 59.7 Å². The summed E-state index contributed by atoms with van der Waals surface area (Å²) in [4.78, 5) is 2.48. The van der Waals surface area contributed by atoms with Crippen LogP contribution in [0.1, 0.15) is 38.5 Å². The maximum atomic E-state index is 9.86. The van der Waals surface area contributed by atoms with Crippen LogP contribution in [0.3, 0.4) is 0 Å². The molecule has 5 rings (SSSR count). The van der Waals surface area contributed by atoms with E-state index in [1.165, 1.54) is 9.79 Å². The number of fused-ring (bicyclic) bond motifs is 1. The molecule has 0 unspecified atom stereocenters. The third kappa shape index (κ3) is 5.51. The normalized spacial score (nSPS) is 33.9. The summed E-state index contributed by atoms with van der Waals surface area (Å²) in [7, 11) is 0. The molecule has 5 atom stereocenters. The first-order chi connectivity index (χ1) is 16.7. The maximum Gasteiger partial charge on any atom is 0.224 e. The fourth-order valence-corrected chi connectivity index (χ4v) is 7.04. The molecule has 2 aromatic carbocycles. The van der Waals surface area contributed by atoms with Crippen LogP contribution in [0, 0.1) is 0 Å².